The summed E-state index contributed by atoms with van der Waals surface area (Å²) in [5.74, 6) is 1.38. The number of hydrogen-bond acceptors (Lipinski definition) is 4. The van der Waals surface area contributed by atoms with E-state index in [0.717, 1.165) is 32.1 Å². The van der Waals surface area contributed by atoms with Crippen LogP contribution in [0, 0.1) is 11.8 Å². The lowest BCUT2D eigenvalue weighted by molar-refractivity contribution is -0.149. The van der Waals surface area contributed by atoms with Gasteiger partial charge in [0.05, 0.1) is 12.6 Å². The number of carbonyl (C=O) groups excluding carboxylic acids is 1. The molecule has 0 aromatic rings. The Hall–Kier alpha value is -0.610. The summed E-state index contributed by atoms with van der Waals surface area (Å²) in [4.78, 5) is 13.8. The summed E-state index contributed by atoms with van der Waals surface area (Å²) < 4.78 is 5.18. The molecule has 0 unspecified atom stereocenters. The van der Waals surface area contributed by atoms with Crippen molar-refractivity contribution in [3.63, 3.8) is 0 Å². The van der Waals surface area contributed by atoms with Crippen molar-refractivity contribution in [3.8, 4) is 0 Å². The fourth-order valence-electron chi connectivity index (χ4n) is 2.41. The molecule has 1 rings (SSSR count). The van der Waals surface area contributed by atoms with E-state index in [1.165, 1.54) is 12.8 Å². The first kappa shape index (κ1) is 16.4. The second-order valence-electron chi connectivity index (χ2n) is 6.31. The Labute approximate surface area is 117 Å². The Morgan fingerprint density at radius 1 is 1.26 bits per heavy atom. The van der Waals surface area contributed by atoms with Crippen molar-refractivity contribution in [1.82, 2.24) is 10.2 Å². The summed E-state index contributed by atoms with van der Waals surface area (Å²) in [6.07, 6.45) is 2.35. The molecule has 0 atom stereocenters. The van der Waals surface area contributed by atoms with Crippen molar-refractivity contribution < 1.29 is 9.53 Å². The number of esters is 1. The zero-order valence-corrected chi connectivity index (χ0v) is 12.9. The molecule has 0 aromatic heterocycles. The van der Waals surface area contributed by atoms with Crippen LogP contribution in [0.1, 0.15) is 40.5 Å². The van der Waals surface area contributed by atoms with Crippen molar-refractivity contribution in [1.29, 1.82) is 0 Å². The maximum absolute atomic E-state index is 11.6. The van der Waals surface area contributed by atoms with Gasteiger partial charge in [-0.1, -0.05) is 13.8 Å². The second-order valence-corrected chi connectivity index (χ2v) is 6.31. The lowest BCUT2D eigenvalue weighted by Crippen LogP contribution is -2.41. The normalized spacial score (nSPS) is 18.2. The van der Waals surface area contributed by atoms with Gasteiger partial charge in [0.2, 0.25) is 0 Å². The number of nitrogens with zero attached hydrogens (tertiary/aromatic N) is 1. The number of carbonyl (C=O) groups is 1. The molecule has 0 aromatic carbocycles. The molecule has 19 heavy (non-hydrogen) atoms. The third kappa shape index (κ3) is 7.53. The molecule has 1 fully saturated rings. The fourth-order valence-corrected chi connectivity index (χ4v) is 2.41. The fraction of sp³-hybridized carbons (Fsp3) is 0.933. The van der Waals surface area contributed by atoms with E-state index in [-0.39, 0.29) is 12.1 Å². The van der Waals surface area contributed by atoms with Crippen LogP contribution in [-0.4, -0.2) is 49.7 Å². The zero-order chi connectivity index (χ0) is 14.3. The summed E-state index contributed by atoms with van der Waals surface area (Å²) in [5, 5.41) is 3.53. The highest BCUT2D eigenvalue weighted by Crippen LogP contribution is 2.16. The number of likely N-dealkylation sites (tertiary alicyclic amines) is 1. The average Bonchev–Trinajstić information content (AvgIpc) is 2.29. The minimum absolute atomic E-state index is 0.00901. The molecule has 112 valence electrons. The largest absolute Gasteiger partial charge is 0.462 e. The predicted octanol–water partition coefficient (Wildman–Crippen LogP) is 1.90. The van der Waals surface area contributed by atoms with E-state index in [4.69, 9.17) is 4.74 Å². The number of ether oxygens (including phenoxy) is 1. The molecule has 0 spiro atoms. The maximum Gasteiger partial charge on any atom is 0.320 e. The first-order valence-electron chi connectivity index (χ1n) is 7.60. The van der Waals surface area contributed by atoms with Crippen molar-refractivity contribution in [3.05, 3.63) is 0 Å². The van der Waals surface area contributed by atoms with Gasteiger partial charge < -0.3 is 10.1 Å². The molecule has 0 radical (unpaired) electrons. The van der Waals surface area contributed by atoms with Crippen LogP contribution < -0.4 is 5.32 Å². The second kappa shape index (κ2) is 8.54. The molecule has 1 heterocycles. The molecule has 1 saturated heterocycles. The van der Waals surface area contributed by atoms with Crippen LogP contribution in [0.5, 0.6) is 0 Å². The monoisotopic (exact) mass is 270 g/mol. The molecule has 1 N–H and O–H groups in total. The van der Waals surface area contributed by atoms with Crippen molar-refractivity contribution in [2.24, 2.45) is 11.8 Å². The van der Waals surface area contributed by atoms with Crippen LogP contribution in [0.15, 0.2) is 0 Å². The Morgan fingerprint density at radius 2 is 1.89 bits per heavy atom. The Kier molecular flexibility index (Phi) is 7.39. The third-order valence-electron chi connectivity index (χ3n) is 3.41. The SMILES string of the molecule is CC(C)CNCC1CCN(CC(=O)OC(C)C)CC1. The molecule has 0 saturated carbocycles. The predicted molar refractivity (Wildman–Crippen MR) is 78.1 cm³/mol. The highest BCUT2D eigenvalue weighted by atomic mass is 16.5. The van der Waals surface area contributed by atoms with Crippen LogP contribution >= 0.6 is 0 Å². The van der Waals surface area contributed by atoms with Crippen molar-refractivity contribution >= 4 is 5.97 Å². The molecule has 1 aliphatic heterocycles. The molecule has 0 aliphatic carbocycles. The van der Waals surface area contributed by atoms with Gasteiger partial charge in [-0.2, -0.15) is 0 Å². The molecule has 4 nitrogen and oxygen atoms in total. The maximum atomic E-state index is 11.6. The lowest BCUT2D eigenvalue weighted by atomic mass is 9.96. The summed E-state index contributed by atoms with van der Waals surface area (Å²) in [6, 6.07) is 0. The molecule has 1 aliphatic rings. The lowest BCUT2D eigenvalue weighted by Gasteiger charge is -2.31. The van der Waals surface area contributed by atoms with Crippen LogP contribution in [0.4, 0.5) is 0 Å². The van der Waals surface area contributed by atoms with E-state index < -0.39 is 0 Å². The van der Waals surface area contributed by atoms with E-state index in [1.54, 1.807) is 0 Å². The van der Waals surface area contributed by atoms with Gasteiger partial charge in [0.15, 0.2) is 0 Å². The van der Waals surface area contributed by atoms with Gasteiger partial charge in [-0.15, -0.1) is 0 Å². The van der Waals surface area contributed by atoms with Crippen LogP contribution in [0.2, 0.25) is 0 Å². The summed E-state index contributed by atoms with van der Waals surface area (Å²) in [7, 11) is 0. The first-order valence-corrected chi connectivity index (χ1v) is 7.60. The van der Waals surface area contributed by atoms with Gasteiger partial charge in [-0.25, -0.2) is 0 Å². The Morgan fingerprint density at radius 3 is 2.42 bits per heavy atom. The van der Waals surface area contributed by atoms with E-state index >= 15 is 0 Å². The zero-order valence-electron chi connectivity index (χ0n) is 12.9. The van der Waals surface area contributed by atoms with Crippen molar-refractivity contribution in [2.45, 2.75) is 46.6 Å². The number of hydrogen-bond donors (Lipinski definition) is 1. The highest BCUT2D eigenvalue weighted by Gasteiger charge is 2.21. The summed E-state index contributed by atoms with van der Waals surface area (Å²) >= 11 is 0. The Bertz CT molecular complexity index is 259. The van der Waals surface area contributed by atoms with Gasteiger partial charge in [0.1, 0.15) is 0 Å². The first-order chi connectivity index (χ1) is 8.97. The summed E-state index contributed by atoms with van der Waals surface area (Å²) in [5.41, 5.74) is 0. The minimum Gasteiger partial charge on any atom is -0.462 e. The highest BCUT2D eigenvalue weighted by molar-refractivity contribution is 5.71. The standard InChI is InChI=1S/C15H30N2O2/c1-12(2)9-16-10-14-5-7-17(8-6-14)11-15(18)19-13(3)4/h12-14,16H,5-11H2,1-4H3. The van der Waals surface area contributed by atoms with Crippen LogP contribution in [-0.2, 0) is 9.53 Å². The van der Waals surface area contributed by atoms with Gasteiger partial charge in [-0.3, -0.25) is 9.69 Å². The number of nitrogens with one attached hydrogen (secondary N) is 1. The van der Waals surface area contributed by atoms with Crippen molar-refractivity contribution in [2.75, 3.05) is 32.7 Å². The van der Waals surface area contributed by atoms with Gasteiger partial charge in [-0.05, 0) is 64.7 Å². The smallest absolute Gasteiger partial charge is 0.320 e. The molecule has 4 heteroatoms. The molecular formula is C15H30N2O2. The van der Waals surface area contributed by atoms with E-state index in [9.17, 15) is 4.79 Å². The molecule has 0 amide bonds. The third-order valence-corrected chi connectivity index (χ3v) is 3.41. The minimum atomic E-state index is -0.0913. The average molecular weight is 270 g/mol. The van der Waals surface area contributed by atoms with Gasteiger partial charge in [0, 0.05) is 0 Å². The van der Waals surface area contributed by atoms with E-state index in [1.807, 2.05) is 13.8 Å². The van der Waals surface area contributed by atoms with Gasteiger partial charge in [0.25, 0.3) is 0 Å². The van der Waals surface area contributed by atoms with E-state index in [0.29, 0.717) is 12.5 Å². The molecular weight excluding hydrogens is 240 g/mol. The Balaban J connectivity index is 2.13. The number of rotatable bonds is 7. The topological polar surface area (TPSA) is 41.6 Å². The summed E-state index contributed by atoms with van der Waals surface area (Å²) in [6.45, 7) is 12.9. The number of piperidine rings is 1. The van der Waals surface area contributed by atoms with Crippen LogP contribution in [0.3, 0.4) is 0 Å². The van der Waals surface area contributed by atoms with Crippen LogP contribution in [0.25, 0.3) is 0 Å². The molecule has 0 bridgehead atoms. The van der Waals surface area contributed by atoms with Gasteiger partial charge >= 0.3 is 5.97 Å². The van der Waals surface area contributed by atoms with E-state index in [2.05, 4.69) is 24.1 Å². The quantitative estimate of drug-likeness (QED) is 0.717.